The normalized spacial score (nSPS) is 13.9. The Bertz CT molecular complexity index is 171. The standard InChI is InChI=1S/C8H13NO/c1-6(5-9)7(10)8(2,3)4/h7,10H,1H2,2-4H3. The van der Waals surface area contributed by atoms with Crippen LogP contribution in [0.15, 0.2) is 12.2 Å². The highest BCUT2D eigenvalue weighted by Gasteiger charge is 2.24. The summed E-state index contributed by atoms with van der Waals surface area (Å²) in [7, 11) is 0. The van der Waals surface area contributed by atoms with Crippen molar-refractivity contribution >= 4 is 0 Å². The molecular weight excluding hydrogens is 126 g/mol. The molecule has 0 aromatic carbocycles. The maximum atomic E-state index is 9.33. The first kappa shape index (κ1) is 9.19. The molecule has 0 fully saturated rings. The Hall–Kier alpha value is -0.810. The van der Waals surface area contributed by atoms with Gasteiger partial charge in [0.15, 0.2) is 0 Å². The van der Waals surface area contributed by atoms with Crippen molar-refractivity contribution in [2.24, 2.45) is 5.41 Å². The zero-order valence-corrected chi connectivity index (χ0v) is 6.68. The van der Waals surface area contributed by atoms with Gasteiger partial charge in [0.05, 0.1) is 17.7 Å². The molecule has 1 atom stereocenters. The van der Waals surface area contributed by atoms with E-state index in [0.29, 0.717) is 0 Å². The number of rotatable bonds is 1. The van der Waals surface area contributed by atoms with Crippen LogP contribution in [0.2, 0.25) is 0 Å². The van der Waals surface area contributed by atoms with Crippen LogP contribution in [0.3, 0.4) is 0 Å². The highest BCUT2D eigenvalue weighted by Crippen LogP contribution is 2.23. The van der Waals surface area contributed by atoms with Crippen LogP contribution in [0.25, 0.3) is 0 Å². The minimum absolute atomic E-state index is 0.229. The van der Waals surface area contributed by atoms with E-state index in [2.05, 4.69) is 6.58 Å². The quantitative estimate of drug-likeness (QED) is 0.559. The van der Waals surface area contributed by atoms with Crippen molar-refractivity contribution in [3.63, 3.8) is 0 Å². The van der Waals surface area contributed by atoms with Crippen molar-refractivity contribution < 1.29 is 5.11 Å². The smallest absolute Gasteiger partial charge is 0.0968 e. The third-order valence-electron chi connectivity index (χ3n) is 1.29. The molecule has 0 aliphatic carbocycles. The van der Waals surface area contributed by atoms with Crippen LogP contribution in [-0.2, 0) is 0 Å². The number of hydrogen-bond acceptors (Lipinski definition) is 2. The van der Waals surface area contributed by atoms with E-state index < -0.39 is 6.10 Å². The molecule has 0 amide bonds. The molecule has 0 heterocycles. The van der Waals surface area contributed by atoms with E-state index in [1.807, 2.05) is 26.8 Å². The van der Waals surface area contributed by atoms with Crippen LogP contribution in [0.5, 0.6) is 0 Å². The van der Waals surface area contributed by atoms with Gasteiger partial charge in [0.2, 0.25) is 0 Å². The first-order valence-corrected chi connectivity index (χ1v) is 3.16. The van der Waals surface area contributed by atoms with Crippen molar-refractivity contribution in [2.45, 2.75) is 26.9 Å². The highest BCUT2D eigenvalue weighted by molar-refractivity contribution is 5.22. The molecular formula is C8H13NO. The summed E-state index contributed by atoms with van der Waals surface area (Å²) in [5, 5.41) is 17.7. The van der Waals surface area contributed by atoms with Gasteiger partial charge >= 0.3 is 0 Å². The maximum Gasteiger partial charge on any atom is 0.0968 e. The molecule has 10 heavy (non-hydrogen) atoms. The Labute approximate surface area is 61.8 Å². The van der Waals surface area contributed by atoms with E-state index in [9.17, 15) is 5.11 Å². The fourth-order valence-corrected chi connectivity index (χ4v) is 0.584. The molecule has 0 rings (SSSR count). The Balaban J connectivity index is 4.26. The Morgan fingerprint density at radius 3 is 2.10 bits per heavy atom. The summed E-state index contributed by atoms with van der Waals surface area (Å²) in [5.74, 6) is 0. The third-order valence-corrected chi connectivity index (χ3v) is 1.29. The second kappa shape index (κ2) is 2.85. The van der Waals surface area contributed by atoms with E-state index in [1.54, 1.807) is 0 Å². The van der Waals surface area contributed by atoms with Crippen LogP contribution < -0.4 is 0 Å². The summed E-state index contributed by atoms with van der Waals surface area (Å²) >= 11 is 0. The average Bonchev–Trinajstić information content (AvgIpc) is 1.83. The molecule has 0 saturated heterocycles. The molecule has 0 spiro atoms. The first-order valence-electron chi connectivity index (χ1n) is 3.16. The lowest BCUT2D eigenvalue weighted by atomic mass is 9.85. The minimum Gasteiger partial charge on any atom is -0.387 e. The summed E-state index contributed by atoms with van der Waals surface area (Å²) in [6.45, 7) is 9.01. The van der Waals surface area contributed by atoms with E-state index in [0.717, 1.165) is 0 Å². The zero-order chi connectivity index (χ0) is 8.36. The molecule has 0 aromatic rings. The molecule has 0 aromatic heterocycles. The number of aliphatic hydroxyl groups excluding tert-OH is 1. The lowest BCUT2D eigenvalue weighted by Gasteiger charge is -2.24. The van der Waals surface area contributed by atoms with Crippen LogP contribution in [0, 0.1) is 16.7 Å². The predicted molar refractivity (Wildman–Crippen MR) is 40.2 cm³/mol. The Morgan fingerprint density at radius 2 is 2.00 bits per heavy atom. The van der Waals surface area contributed by atoms with Gasteiger partial charge in [-0.15, -0.1) is 0 Å². The van der Waals surface area contributed by atoms with E-state index in [4.69, 9.17) is 5.26 Å². The largest absolute Gasteiger partial charge is 0.387 e. The molecule has 1 N–H and O–H groups in total. The molecule has 56 valence electrons. The monoisotopic (exact) mass is 139 g/mol. The number of nitrogens with zero attached hydrogens (tertiary/aromatic N) is 1. The maximum absolute atomic E-state index is 9.33. The van der Waals surface area contributed by atoms with Gasteiger partial charge < -0.3 is 5.11 Å². The summed E-state index contributed by atoms with van der Waals surface area (Å²) in [6, 6.07) is 1.83. The molecule has 0 aliphatic heterocycles. The second-order valence-corrected chi connectivity index (χ2v) is 3.41. The fraction of sp³-hybridized carbons (Fsp3) is 0.625. The zero-order valence-electron chi connectivity index (χ0n) is 6.68. The second-order valence-electron chi connectivity index (χ2n) is 3.41. The topological polar surface area (TPSA) is 44.0 Å². The average molecular weight is 139 g/mol. The van der Waals surface area contributed by atoms with Gasteiger partial charge in [-0.25, -0.2) is 0 Å². The highest BCUT2D eigenvalue weighted by atomic mass is 16.3. The van der Waals surface area contributed by atoms with Crippen LogP contribution in [0.4, 0.5) is 0 Å². The van der Waals surface area contributed by atoms with Gasteiger partial charge in [-0.3, -0.25) is 0 Å². The first-order chi connectivity index (χ1) is 4.39. The van der Waals surface area contributed by atoms with E-state index in [-0.39, 0.29) is 11.0 Å². The van der Waals surface area contributed by atoms with E-state index in [1.165, 1.54) is 0 Å². The van der Waals surface area contributed by atoms with Crippen molar-refractivity contribution in [2.75, 3.05) is 0 Å². The SMILES string of the molecule is C=C(C#N)C(O)C(C)(C)C. The minimum atomic E-state index is -0.725. The van der Waals surface area contributed by atoms with Crippen LogP contribution in [0.1, 0.15) is 20.8 Å². The van der Waals surface area contributed by atoms with Gasteiger partial charge in [0.1, 0.15) is 0 Å². The summed E-state index contributed by atoms with van der Waals surface area (Å²) in [6.07, 6.45) is -0.725. The van der Waals surface area contributed by atoms with Crippen molar-refractivity contribution in [1.29, 1.82) is 5.26 Å². The molecule has 0 radical (unpaired) electrons. The Morgan fingerprint density at radius 1 is 1.60 bits per heavy atom. The van der Waals surface area contributed by atoms with Gasteiger partial charge in [0, 0.05) is 0 Å². The van der Waals surface area contributed by atoms with Crippen LogP contribution >= 0.6 is 0 Å². The fourth-order valence-electron chi connectivity index (χ4n) is 0.584. The van der Waals surface area contributed by atoms with Crippen molar-refractivity contribution in [3.05, 3.63) is 12.2 Å². The number of nitriles is 1. The van der Waals surface area contributed by atoms with Crippen molar-refractivity contribution in [3.8, 4) is 6.07 Å². The summed E-state index contributed by atoms with van der Waals surface area (Å²) in [4.78, 5) is 0. The molecule has 2 heteroatoms. The van der Waals surface area contributed by atoms with E-state index >= 15 is 0 Å². The van der Waals surface area contributed by atoms with Gasteiger partial charge in [-0.2, -0.15) is 5.26 Å². The van der Waals surface area contributed by atoms with Gasteiger partial charge in [-0.05, 0) is 5.41 Å². The predicted octanol–water partition coefficient (Wildman–Crippen LogP) is 1.47. The third kappa shape index (κ3) is 2.20. The number of aliphatic hydroxyl groups is 1. The molecule has 0 saturated carbocycles. The molecule has 0 bridgehead atoms. The van der Waals surface area contributed by atoms with Crippen molar-refractivity contribution in [1.82, 2.24) is 0 Å². The molecule has 1 unspecified atom stereocenters. The number of hydrogen-bond donors (Lipinski definition) is 1. The molecule has 2 nitrogen and oxygen atoms in total. The van der Waals surface area contributed by atoms with Crippen LogP contribution in [-0.4, -0.2) is 11.2 Å². The van der Waals surface area contributed by atoms with Gasteiger partial charge in [-0.1, -0.05) is 27.4 Å². The lowest BCUT2D eigenvalue weighted by molar-refractivity contribution is 0.0991. The molecule has 0 aliphatic rings. The lowest BCUT2D eigenvalue weighted by Crippen LogP contribution is -2.26. The summed E-state index contributed by atoms with van der Waals surface area (Å²) < 4.78 is 0. The van der Waals surface area contributed by atoms with Gasteiger partial charge in [0.25, 0.3) is 0 Å². The summed E-state index contributed by atoms with van der Waals surface area (Å²) in [5.41, 5.74) is -0.0557. The Kier molecular flexibility index (Phi) is 2.62.